The first-order valence-corrected chi connectivity index (χ1v) is 11.4. The summed E-state index contributed by atoms with van der Waals surface area (Å²) in [6.45, 7) is 1.88. The molecule has 178 valence electrons. The van der Waals surface area contributed by atoms with Gasteiger partial charge in [-0.1, -0.05) is 54.2 Å². The quantitative estimate of drug-likeness (QED) is 0.177. The van der Waals surface area contributed by atoms with E-state index in [2.05, 4.69) is 15.5 Å². The number of para-hydroxylation sites is 2. The van der Waals surface area contributed by atoms with Crippen molar-refractivity contribution in [1.29, 1.82) is 0 Å². The first kappa shape index (κ1) is 24.2. The van der Waals surface area contributed by atoms with Crippen LogP contribution >= 0.6 is 11.8 Å². The number of aromatic nitrogens is 2. The number of hydrogen-bond donors (Lipinski definition) is 1. The normalized spacial score (nSPS) is 11.8. The molecule has 0 fully saturated rings. The number of aryl methyl sites for hydroxylation is 1. The molecule has 1 heterocycles. The molecular formula is C25H19F3N4O2S. The summed E-state index contributed by atoms with van der Waals surface area (Å²) < 4.78 is 39.4. The average molecular weight is 497 g/mol. The van der Waals surface area contributed by atoms with Crippen LogP contribution in [0.1, 0.15) is 16.7 Å². The Hall–Kier alpha value is -3.92. The molecule has 35 heavy (non-hydrogen) atoms. The van der Waals surface area contributed by atoms with Crippen molar-refractivity contribution in [3.05, 3.63) is 99.8 Å². The van der Waals surface area contributed by atoms with Crippen LogP contribution in [0.2, 0.25) is 0 Å². The van der Waals surface area contributed by atoms with Gasteiger partial charge in [-0.2, -0.15) is 18.3 Å². The van der Waals surface area contributed by atoms with Crippen molar-refractivity contribution in [3.8, 4) is 5.69 Å². The van der Waals surface area contributed by atoms with Gasteiger partial charge in [0.25, 0.3) is 11.5 Å². The number of hydrogen-bond acceptors (Lipinski definition) is 5. The molecule has 0 spiro atoms. The molecule has 0 aliphatic heterocycles. The molecule has 0 saturated carbocycles. The molecule has 1 N–H and O–H groups in total. The molecule has 4 aromatic rings. The first-order valence-electron chi connectivity index (χ1n) is 10.4. The Labute approximate surface area is 202 Å². The Morgan fingerprint density at radius 1 is 1.06 bits per heavy atom. The van der Waals surface area contributed by atoms with Crippen molar-refractivity contribution in [2.45, 2.75) is 18.3 Å². The van der Waals surface area contributed by atoms with E-state index >= 15 is 0 Å². The molecule has 0 bridgehead atoms. The van der Waals surface area contributed by atoms with E-state index in [9.17, 15) is 22.8 Å². The van der Waals surface area contributed by atoms with Gasteiger partial charge in [0.15, 0.2) is 5.16 Å². The molecule has 1 amide bonds. The number of nitrogens with zero attached hydrogens (tertiary/aromatic N) is 3. The predicted octanol–water partition coefficient (Wildman–Crippen LogP) is 4.96. The van der Waals surface area contributed by atoms with Gasteiger partial charge in [-0.3, -0.25) is 14.2 Å². The van der Waals surface area contributed by atoms with Crippen LogP contribution in [0.5, 0.6) is 0 Å². The van der Waals surface area contributed by atoms with Crippen LogP contribution in [-0.2, 0) is 11.0 Å². The van der Waals surface area contributed by atoms with Crippen LogP contribution in [-0.4, -0.2) is 27.4 Å². The third kappa shape index (κ3) is 5.60. The predicted molar refractivity (Wildman–Crippen MR) is 130 cm³/mol. The maximum atomic E-state index is 13.3. The molecule has 0 saturated heterocycles. The molecule has 6 nitrogen and oxygen atoms in total. The lowest BCUT2D eigenvalue weighted by molar-refractivity contribution is -0.137. The number of hydrazone groups is 1. The van der Waals surface area contributed by atoms with Crippen molar-refractivity contribution in [3.63, 3.8) is 0 Å². The average Bonchev–Trinajstić information content (AvgIpc) is 2.83. The number of rotatable bonds is 6. The highest BCUT2D eigenvalue weighted by atomic mass is 32.2. The molecule has 3 aromatic carbocycles. The zero-order valence-electron chi connectivity index (χ0n) is 18.4. The van der Waals surface area contributed by atoms with E-state index in [-0.39, 0.29) is 11.3 Å². The van der Waals surface area contributed by atoms with E-state index in [1.807, 2.05) is 31.2 Å². The zero-order chi connectivity index (χ0) is 25.0. The van der Waals surface area contributed by atoms with Crippen LogP contribution in [0.3, 0.4) is 0 Å². The van der Waals surface area contributed by atoms with Gasteiger partial charge >= 0.3 is 6.18 Å². The second kappa shape index (κ2) is 10.1. The van der Waals surface area contributed by atoms with Crippen molar-refractivity contribution in [2.24, 2.45) is 5.10 Å². The number of benzene rings is 3. The van der Waals surface area contributed by atoms with Crippen LogP contribution in [0.4, 0.5) is 13.2 Å². The monoisotopic (exact) mass is 496 g/mol. The Balaban J connectivity index is 1.51. The van der Waals surface area contributed by atoms with Gasteiger partial charge in [-0.05, 0) is 48.4 Å². The van der Waals surface area contributed by atoms with Gasteiger partial charge in [-0.15, -0.1) is 0 Å². The molecular weight excluding hydrogens is 477 g/mol. The molecule has 0 radical (unpaired) electrons. The number of nitrogens with one attached hydrogen (secondary N) is 1. The fourth-order valence-corrected chi connectivity index (χ4v) is 4.13. The lowest BCUT2D eigenvalue weighted by Crippen LogP contribution is -2.24. The van der Waals surface area contributed by atoms with E-state index in [1.165, 1.54) is 22.9 Å². The number of halogens is 3. The third-order valence-electron chi connectivity index (χ3n) is 5.07. The fourth-order valence-electron chi connectivity index (χ4n) is 3.34. The number of carbonyl (C=O) groups is 1. The summed E-state index contributed by atoms with van der Waals surface area (Å²) in [5.41, 5.74) is 3.79. The van der Waals surface area contributed by atoms with Crippen molar-refractivity contribution < 1.29 is 18.0 Å². The number of thioether (sulfide) groups is 1. The van der Waals surface area contributed by atoms with E-state index in [4.69, 9.17) is 0 Å². The molecule has 0 atom stereocenters. The van der Waals surface area contributed by atoms with E-state index < -0.39 is 17.6 Å². The fraction of sp³-hybridized carbons (Fsp3) is 0.120. The first-order chi connectivity index (χ1) is 16.7. The summed E-state index contributed by atoms with van der Waals surface area (Å²) in [7, 11) is 0. The number of alkyl halides is 3. The van der Waals surface area contributed by atoms with E-state index in [1.54, 1.807) is 24.3 Å². The maximum Gasteiger partial charge on any atom is 0.416 e. The Kier molecular flexibility index (Phi) is 7.02. The molecule has 0 aliphatic rings. The van der Waals surface area contributed by atoms with Gasteiger partial charge in [0.1, 0.15) is 0 Å². The van der Waals surface area contributed by atoms with Crippen molar-refractivity contribution in [2.75, 3.05) is 5.75 Å². The van der Waals surface area contributed by atoms with Crippen LogP contribution in [0, 0.1) is 6.92 Å². The summed E-state index contributed by atoms with van der Waals surface area (Å²) in [5, 5.41) is 4.62. The lowest BCUT2D eigenvalue weighted by atomic mass is 10.1. The molecule has 1 aromatic heterocycles. The highest BCUT2D eigenvalue weighted by Crippen LogP contribution is 2.29. The zero-order valence-corrected chi connectivity index (χ0v) is 19.2. The van der Waals surface area contributed by atoms with Gasteiger partial charge in [-0.25, -0.2) is 10.4 Å². The van der Waals surface area contributed by atoms with E-state index in [0.29, 0.717) is 27.3 Å². The summed E-state index contributed by atoms with van der Waals surface area (Å²) in [6.07, 6.45) is -3.17. The van der Waals surface area contributed by atoms with Gasteiger partial charge in [0, 0.05) is 0 Å². The minimum Gasteiger partial charge on any atom is -0.272 e. The van der Waals surface area contributed by atoms with Gasteiger partial charge in [0.2, 0.25) is 0 Å². The molecule has 0 unspecified atom stereocenters. The largest absolute Gasteiger partial charge is 0.416 e. The summed E-state index contributed by atoms with van der Waals surface area (Å²) in [4.78, 5) is 30.2. The highest BCUT2D eigenvalue weighted by molar-refractivity contribution is 7.99. The number of fused-ring (bicyclic) bond motifs is 1. The topological polar surface area (TPSA) is 76.3 Å². The summed E-state index contributed by atoms with van der Waals surface area (Å²) >= 11 is 1.08. The minimum absolute atomic E-state index is 0.0823. The number of carbonyl (C=O) groups excluding carboxylic acids is 1. The van der Waals surface area contributed by atoms with Gasteiger partial charge < -0.3 is 0 Å². The molecule has 10 heteroatoms. The van der Waals surface area contributed by atoms with Crippen LogP contribution in [0.15, 0.2) is 87.8 Å². The van der Waals surface area contributed by atoms with Crippen LogP contribution < -0.4 is 11.0 Å². The second-order valence-electron chi connectivity index (χ2n) is 7.54. The Morgan fingerprint density at radius 2 is 1.74 bits per heavy atom. The smallest absolute Gasteiger partial charge is 0.272 e. The summed E-state index contributed by atoms with van der Waals surface area (Å²) in [6, 6.07) is 18.8. The van der Waals surface area contributed by atoms with Crippen LogP contribution in [0.25, 0.3) is 16.6 Å². The summed E-state index contributed by atoms with van der Waals surface area (Å²) in [5.74, 6) is -0.544. The van der Waals surface area contributed by atoms with Crippen molar-refractivity contribution in [1.82, 2.24) is 15.0 Å². The Bertz CT molecular complexity index is 1460. The highest BCUT2D eigenvalue weighted by Gasteiger charge is 2.29. The third-order valence-corrected chi connectivity index (χ3v) is 6.01. The maximum absolute atomic E-state index is 13.3. The van der Waals surface area contributed by atoms with Gasteiger partial charge in [0.05, 0.1) is 34.1 Å². The standard InChI is InChI=1S/C25H19F3N4O2S/c1-16-6-2-5-9-21(16)32-23(34)19-7-3-4-8-20(19)30-24(32)35-15-22(33)31-29-14-17-10-12-18(13-11-17)25(26,27)28/h2-14H,15H2,1H3,(H,31,33)/b29-14-. The second-order valence-corrected chi connectivity index (χ2v) is 8.48. The SMILES string of the molecule is Cc1ccccc1-n1c(SCC(=O)N/N=C\c2ccc(C(F)(F)F)cc2)nc2ccccc2c1=O. The Morgan fingerprint density at radius 3 is 2.46 bits per heavy atom. The number of amides is 1. The molecule has 0 aliphatic carbocycles. The molecule has 4 rings (SSSR count). The van der Waals surface area contributed by atoms with E-state index in [0.717, 1.165) is 29.5 Å². The minimum atomic E-state index is -4.42. The van der Waals surface area contributed by atoms with Crippen molar-refractivity contribution >= 4 is 34.8 Å². The lowest BCUT2D eigenvalue weighted by Gasteiger charge is -2.14.